The third kappa shape index (κ3) is 3.19. The number of anilines is 1. The van der Waals surface area contributed by atoms with Gasteiger partial charge in [-0.25, -0.2) is 13.1 Å². The van der Waals surface area contributed by atoms with Gasteiger partial charge < -0.3 is 10.1 Å². The number of benzene rings is 2. The second-order valence-electron chi connectivity index (χ2n) is 5.17. The number of ether oxygens (including phenoxy) is 1. The van der Waals surface area contributed by atoms with Crippen LogP contribution in [0.2, 0.25) is 0 Å². The smallest absolute Gasteiger partial charge is 0.255 e. The fourth-order valence-corrected chi connectivity index (χ4v) is 3.32. The topological polar surface area (TPSA) is 113 Å². The van der Waals surface area contributed by atoms with Crippen LogP contribution >= 0.6 is 0 Å². The molecule has 0 aliphatic heterocycles. The molecule has 9 heteroatoms. The highest BCUT2D eigenvalue weighted by Gasteiger charge is 2.20. The van der Waals surface area contributed by atoms with Crippen molar-refractivity contribution in [2.45, 2.75) is 4.90 Å². The summed E-state index contributed by atoms with van der Waals surface area (Å²) in [7, 11) is -1.11. The zero-order chi connectivity index (χ0) is 18.0. The van der Waals surface area contributed by atoms with E-state index in [0.717, 1.165) is 5.39 Å². The molecule has 0 aliphatic rings. The van der Waals surface area contributed by atoms with Crippen molar-refractivity contribution < 1.29 is 17.9 Å². The minimum atomic E-state index is -3.77. The Hall–Kier alpha value is -2.91. The lowest BCUT2D eigenvalue weighted by Crippen LogP contribution is -2.20. The highest BCUT2D eigenvalue weighted by atomic mass is 32.2. The van der Waals surface area contributed by atoms with E-state index in [0.29, 0.717) is 11.2 Å². The fourth-order valence-electron chi connectivity index (χ4n) is 2.41. The molecule has 0 spiro atoms. The molecular weight excluding hydrogens is 344 g/mol. The van der Waals surface area contributed by atoms with E-state index < -0.39 is 15.9 Å². The first kappa shape index (κ1) is 16.9. The van der Waals surface area contributed by atoms with Crippen molar-refractivity contribution in [3.8, 4) is 5.75 Å². The maximum Gasteiger partial charge on any atom is 0.255 e. The van der Waals surface area contributed by atoms with Gasteiger partial charge in [0.25, 0.3) is 5.91 Å². The summed E-state index contributed by atoms with van der Waals surface area (Å²) in [6.45, 7) is 0. The van der Waals surface area contributed by atoms with Crippen LogP contribution in [0.1, 0.15) is 10.4 Å². The Labute approximate surface area is 144 Å². The molecule has 130 valence electrons. The summed E-state index contributed by atoms with van der Waals surface area (Å²) >= 11 is 0. The van der Waals surface area contributed by atoms with Crippen molar-refractivity contribution in [1.29, 1.82) is 0 Å². The third-order valence-electron chi connectivity index (χ3n) is 3.71. The molecule has 1 amide bonds. The van der Waals surface area contributed by atoms with Crippen molar-refractivity contribution in [3.05, 3.63) is 48.2 Å². The van der Waals surface area contributed by atoms with E-state index in [1.165, 1.54) is 32.4 Å². The number of aromatic amines is 1. The molecule has 2 aromatic carbocycles. The molecule has 0 fully saturated rings. The third-order valence-corrected chi connectivity index (χ3v) is 5.14. The van der Waals surface area contributed by atoms with Gasteiger partial charge in [0, 0.05) is 10.9 Å². The molecule has 25 heavy (non-hydrogen) atoms. The zero-order valence-electron chi connectivity index (χ0n) is 13.5. The van der Waals surface area contributed by atoms with Crippen LogP contribution in [0.4, 0.5) is 5.69 Å². The van der Waals surface area contributed by atoms with E-state index in [1.54, 1.807) is 18.3 Å². The number of rotatable bonds is 5. The maximum absolute atomic E-state index is 12.5. The standard InChI is InChI=1S/C16H16N4O4S/c1-17-25(22,23)14-8-10(6-7-13(14)24-2)16(21)19-12-5-3-4-11-9-18-20-15(11)12/h3-9,17H,1-2H3,(H,18,20)(H,19,21). The summed E-state index contributed by atoms with van der Waals surface area (Å²) in [5, 5.41) is 10.4. The van der Waals surface area contributed by atoms with E-state index in [2.05, 4.69) is 20.2 Å². The van der Waals surface area contributed by atoms with Crippen LogP contribution in [-0.2, 0) is 10.0 Å². The van der Waals surface area contributed by atoms with Gasteiger partial charge in [-0.1, -0.05) is 12.1 Å². The number of amides is 1. The first-order valence-corrected chi connectivity index (χ1v) is 8.79. The Balaban J connectivity index is 1.98. The Morgan fingerprint density at radius 1 is 1.24 bits per heavy atom. The van der Waals surface area contributed by atoms with Gasteiger partial charge in [0.15, 0.2) is 0 Å². The molecule has 3 N–H and O–H groups in total. The van der Waals surface area contributed by atoms with Crippen molar-refractivity contribution >= 4 is 32.5 Å². The fraction of sp³-hybridized carbons (Fsp3) is 0.125. The Morgan fingerprint density at radius 2 is 2.04 bits per heavy atom. The second kappa shape index (κ2) is 6.54. The van der Waals surface area contributed by atoms with Gasteiger partial charge in [0.1, 0.15) is 10.6 Å². The molecule has 0 saturated carbocycles. The predicted molar refractivity (Wildman–Crippen MR) is 93.3 cm³/mol. The molecule has 1 aromatic heterocycles. The maximum atomic E-state index is 12.5. The molecule has 3 aromatic rings. The van der Waals surface area contributed by atoms with Gasteiger partial charge in [-0.15, -0.1) is 0 Å². The normalized spacial score (nSPS) is 11.4. The molecule has 0 saturated heterocycles. The number of methoxy groups -OCH3 is 1. The molecule has 0 bridgehead atoms. The highest BCUT2D eigenvalue weighted by Crippen LogP contribution is 2.26. The first-order valence-electron chi connectivity index (χ1n) is 7.31. The Kier molecular flexibility index (Phi) is 4.43. The van der Waals surface area contributed by atoms with Crippen molar-refractivity contribution in [3.63, 3.8) is 0 Å². The summed E-state index contributed by atoms with van der Waals surface area (Å²) in [6, 6.07) is 9.59. The Bertz CT molecular complexity index is 1040. The summed E-state index contributed by atoms with van der Waals surface area (Å²) < 4.78 is 31.5. The number of hydrogen-bond acceptors (Lipinski definition) is 5. The zero-order valence-corrected chi connectivity index (χ0v) is 14.3. The summed E-state index contributed by atoms with van der Waals surface area (Å²) in [5.74, 6) is -0.293. The van der Waals surface area contributed by atoms with Crippen LogP contribution in [0.3, 0.4) is 0 Å². The largest absolute Gasteiger partial charge is 0.495 e. The summed E-state index contributed by atoms with van der Waals surface area (Å²) in [4.78, 5) is 12.4. The number of carbonyl (C=O) groups excluding carboxylic acids is 1. The minimum absolute atomic E-state index is 0.107. The molecule has 8 nitrogen and oxygen atoms in total. The molecule has 0 atom stereocenters. The van der Waals surface area contributed by atoms with Gasteiger partial charge in [0.2, 0.25) is 10.0 Å². The van der Waals surface area contributed by atoms with E-state index in [4.69, 9.17) is 4.74 Å². The molecule has 0 unspecified atom stereocenters. The molecular formula is C16H16N4O4S. The first-order chi connectivity index (χ1) is 12.0. The van der Waals surface area contributed by atoms with E-state index in [-0.39, 0.29) is 16.2 Å². The van der Waals surface area contributed by atoms with Crippen molar-refractivity contribution in [1.82, 2.24) is 14.9 Å². The van der Waals surface area contributed by atoms with E-state index in [9.17, 15) is 13.2 Å². The number of nitrogens with zero attached hydrogens (tertiary/aromatic N) is 1. The molecule has 3 rings (SSSR count). The van der Waals surface area contributed by atoms with Gasteiger partial charge in [-0.3, -0.25) is 9.89 Å². The predicted octanol–water partition coefficient (Wildman–Crippen LogP) is 1.73. The number of carbonyl (C=O) groups is 1. The van der Waals surface area contributed by atoms with E-state index >= 15 is 0 Å². The van der Waals surface area contributed by atoms with Crippen LogP contribution in [0.5, 0.6) is 5.75 Å². The number of hydrogen-bond donors (Lipinski definition) is 3. The van der Waals surface area contributed by atoms with Crippen molar-refractivity contribution in [2.75, 3.05) is 19.5 Å². The lowest BCUT2D eigenvalue weighted by atomic mass is 10.2. The van der Waals surface area contributed by atoms with Crippen LogP contribution in [0, 0.1) is 0 Å². The number of aromatic nitrogens is 2. The highest BCUT2D eigenvalue weighted by molar-refractivity contribution is 7.89. The minimum Gasteiger partial charge on any atom is -0.495 e. The lowest BCUT2D eigenvalue weighted by molar-refractivity contribution is 0.102. The number of H-pyrrole nitrogens is 1. The number of fused-ring (bicyclic) bond motifs is 1. The summed E-state index contributed by atoms with van der Waals surface area (Å²) in [5.41, 5.74) is 1.42. The van der Waals surface area contributed by atoms with Crippen LogP contribution in [0.15, 0.2) is 47.5 Å². The summed E-state index contributed by atoms with van der Waals surface area (Å²) in [6.07, 6.45) is 1.65. The lowest BCUT2D eigenvalue weighted by Gasteiger charge is -2.11. The Morgan fingerprint density at radius 3 is 2.76 bits per heavy atom. The molecule has 0 aliphatic carbocycles. The van der Waals surface area contributed by atoms with Gasteiger partial charge >= 0.3 is 0 Å². The van der Waals surface area contributed by atoms with E-state index in [1.807, 2.05) is 6.07 Å². The van der Waals surface area contributed by atoms with Gasteiger partial charge in [0.05, 0.1) is 24.5 Å². The van der Waals surface area contributed by atoms with Crippen molar-refractivity contribution in [2.24, 2.45) is 0 Å². The quantitative estimate of drug-likeness (QED) is 0.641. The average molecular weight is 360 g/mol. The number of para-hydroxylation sites is 1. The average Bonchev–Trinajstić information content (AvgIpc) is 3.11. The number of sulfonamides is 1. The van der Waals surface area contributed by atoms with Crippen LogP contribution in [0.25, 0.3) is 10.9 Å². The SMILES string of the molecule is CNS(=O)(=O)c1cc(C(=O)Nc2cccc3cn[nH]c23)ccc1OC. The number of nitrogens with one attached hydrogen (secondary N) is 3. The molecule has 1 heterocycles. The van der Waals surface area contributed by atoms with Crippen LogP contribution < -0.4 is 14.8 Å². The second-order valence-corrected chi connectivity index (χ2v) is 7.02. The van der Waals surface area contributed by atoms with Crippen LogP contribution in [-0.4, -0.2) is 38.7 Å². The van der Waals surface area contributed by atoms with Gasteiger partial charge in [-0.2, -0.15) is 5.10 Å². The molecule has 0 radical (unpaired) electrons. The van der Waals surface area contributed by atoms with Gasteiger partial charge in [-0.05, 0) is 31.3 Å². The monoisotopic (exact) mass is 360 g/mol.